The van der Waals surface area contributed by atoms with Crippen LogP contribution in [0.1, 0.15) is 42.5 Å². The first kappa shape index (κ1) is 22.3. The second-order valence-corrected chi connectivity index (χ2v) is 9.39. The maximum Gasteiger partial charge on any atom is 0.287 e. The molecule has 3 heterocycles. The van der Waals surface area contributed by atoms with E-state index in [1.807, 2.05) is 45.0 Å². The summed E-state index contributed by atoms with van der Waals surface area (Å²) in [6.45, 7) is 2.28. The third-order valence-electron chi connectivity index (χ3n) is 7.49. The van der Waals surface area contributed by atoms with E-state index >= 15 is 0 Å². The molecule has 3 fully saturated rings. The molecule has 1 saturated carbocycles. The van der Waals surface area contributed by atoms with E-state index in [9.17, 15) is 19.7 Å². The van der Waals surface area contributed by atoms with Crippen molar-refractivity contribution in [3.63, 3.8) is 0 Å². The Labute approximate surface area is 198 Å². The molecule has 3 unspecified atom stereocenters. The predicted octanol–water partition coefficient (Wildman–Crippen LogP) is 3.11. The lowest BCUT2D eigenvalue weighted by Gasteiger charge is -2.39. The molecule has 9 nitrogen and oxygen atoms in total. The number of aromatic nitrogens is 1. The zero-order chi connectivity index (χ0) is 23.7. The molecule has 0 radical (unpaired) electrons. The van der Waals surface area contributed by atoms with Crippen molar-refractivity contribution in [3.05, 3.63) is 64.3 Å². The first-order chi connectivity index (χ1) is 16.5. The quantitative estimate of drug-likeness (QED) is 0.510. The van der Waals surface area contributed by atoms with E-state index in [0.29, 0.717) is 43.5 Å². The van der Waals surface area contributed by atoms with Crippen molar-refractivity contribution in [2.24, 2.45) is 5.92 Å². The highest BCUT2D eigenvalue weighted by atomic mass is 16.6. The number of benzene rings is 1. The standard InChI is InChI=1S/C25H29N5O4/c31-24(18-6-2-1-3-7-18)29-21-9-5-4-8-19(21)16-22(29)25(32)28-14-12-27(13-15-28)23-11-10-20(17-26-23)30(33)34/h1-3,6-7,10-11,17,19,21-22H,4-5,8-9,12-16H2. The van der Waals surface area contributed by atoms with E-state index in [0.717, 1.165) is 32.1 Å². The van der Waals surface area contributed by atoms with E-state index in [1.165, 1.54) is 12.3 Å². The molecule has 2 amide bonds. The Morgan fingerprint density at radius 1 is 0.971 bits per heavy atom. The van der Waals surface area contributed by atoms with Gasteiger partial charge in [0.25, 0.3) is 11.6 Å². The number of likely N-dealkylation sites (tertiary alicyclic amines) is 1. The molecular formula is C25H29N5O4. The molecule has 1 aromatic heterocycles. The largest absolute Gasteiger partial charge is 0.353 e. The Kier molecular flexibility index (Phi) is 6.17. The molecule has 2 saturated heterocycles. The van der Waals surface area contributed by atoms with Crippen LogP contribution in [-0.2, 0) is 4.79 Å². The molecule has 34 heavy (non-hydrogen) atoms. The van der Waals surface area contributed by atoms with Crippen LogP contribution in [0.5, 0.6) is 0 Å². The van der Waals surface area contributed by atoms with Gasteiger partial charge >= 0.3 is 0 Å². The van der Waals surface area contributed by atoms with E-state index < -0.39 is 11.0 Å². The third-order valence-corrected chi connectivity index (χ3v) is 7.49. The van der Waals surface area contributed by atoms with Gasteiger partial charge in [-0.05, 0) is 43.4 Å². The molecule has 3 aliphatic rings. The normalized spacial score (nSPS) is 24.6. The number of carbonyl (C=O) groups excluding carboxylic acids is 2. The van der Waals surface area contributed by atoms with Gasteiger partial charge in [0.05, 0.1) is 4.92 Å². The zero-order valence-electron chi connectivity index (χ0n) is 19.1. The Morgan fingerprint density at radius 3 is 2.38 bits per heavy atom. The van der Waals surface area contributed by atoms with Crippen molar-refractivity contribution in [1.29, 1.82) is 0 Å². The van der Waals surface area contributed by atoms with Crippen LogP contribution < -0.4 is 4.90 Å². The minimum Gasteiger partial charge on any atom is -0.353 e. The lowest BCUT2D eigenvalue weighted by molar-refractivity contribution is -0.385. The van der Waals surface area contributed by atoms with Crippen molar-refractivity contribution in [1.82, 2.24) is 14.8 Å². The first-order valence-corrected chi connectivity index (χ1v) is 12.0. The minimum absolute atomic E-state index is 0.0370. The van der Waals surface area contributed by atoms with Crippen molar-refractivity contribution >= 4 is 23.3 Å². The number of anilines is 1. The summed E-state index contributed by atoms with van der Waals surface area (Å²) in [5.41, 5.74) is 0.601. The van der Waals surface area contributed by atoms with Crippen molar-refractivity contribution in [3.8, 4) is 0 Å². The summed E-state index contributed by atoms with van der Waals surface area (Å²) < 4.78 is 0. The van der Waals surface area contributed by atoms with E-state index in [1.54, 1.807) is 6.07 Å². The average Bonchev–Trinajstić information content (AvgIpc) is 3.28. The molecule has 1 aromatic carbocycles. The van der Waals surface area contributed by atoms with Gasteiger partial charge in [0.2, 0.25) is 5.91 Å². The number of rotatable bonds is 4. The average molecular weight is 464 g/mol. The van der Waals surface area contributed by atoms with Crippen LogP contribution in [0, 0.1) is 16.0 Å². The predicted molar refractivity (Wildman–Crippen MR) is 126 cm³/mol. The van der Waals surface area contributed by atoms with E-state index in [4.69, 9.17) is 0 Å². The molecule has 0 spiro atoms. The summed E-state index contributed by atoms with van der Waals surface area (Å²) in [6.07, 6.45) is 6.31. The highest BCUT2D eigenvalue weighted by molar-refractivity contribution is 5.98. The van der Waals surface area contributed by atoms with Crippen LogP contribution in [-0.4, -0.2) is 69.8 Å². The van der Waals surface area contributed by atoms with Gasteiger partial charge in [0.15, 0.2) is 0 Å². The molecule has 1 aliphatic carbocycles. The Bertz CT molecular complexity index is 1050. The molecule has 178 valence electrons. The summed E-state index contributed by atoms with van der Waals surface area (Å²) in [5, 5.41) is 10.9. The molecule has 0 bridgehead atoms. The van der Waals surface area contributed by atoms with Gasteiger partial charge in [-0.3, -0.25) is 19.7 Å². The maximum atomic E-state index is 13.7. The Balaban J connectivity index is 1.29. The third kappa shape index (κ3) is 4.22. The molecule has 0 N–H and O–H groups in total. The van der Waals surface area contributed by atoms with Crippen LogP contribution in [0.3, 0.4) is 0 Å². The number of fused-ring (bicyclic) bond motifs is 1. The number of carbonyl (C=O) groups is 2. The van der Waals surface area contributed by atoms with Gasteiger partial charge in [0.1, 0.15) is 18.1 Å². The Morgan fingerprint density at radius 2 is 1.71 bits per heavy atom. The monoisotopic (exact) mass is 463 g/mol. The fourth-order valence-electron chi connectivity index (χ4n) is 5.74. The van der Waals surface area contributed by atoms with Crippen molar-refractivity contribution in [2.75, 3.05) is 31.1 Å². The van der Waals surface area contributed by atoms with Crippen molar-refractivity contribution < 1.29 is 14.5 Å². The number of hydrogen-bond acceptors (Lipinski definition) is 6. The topological polar surface area (TPSA) is 99.9 Å². The van der Waals surface area contributed by atoms with E-state index in [2.05, 4.69) is 4.98 Å². The van der Waals surface area contributed by atoms with Gasteiger partial charge in [-0.25, -0.2) is 4.98 Å². The number of nitro groups is 1. The number of pyridine rings is 1. The molecule has 2 aromatic rings. The molecule has 9 heteroatoms. The second kappa shape index (κ2) is 9.40. The van der Waals surface area contributed by atoms with Crippen LogP contribution in [0.4, 0.5) is 11.5 Å². The fourth-order valence-corrected chi connectivity index (χ4v) is 5.74. The fraction of sp³-hybridized carbons (Fsp3) is 0.480. The maximum absolute atomic E-state index is 13.7. The van der Waals surface area contributed by atoms with Crippen molar-refractivity contribution in [2.45, 2.75) is 44.2 Å². The SMILES string of the molecule is O=C(C1CC2CCCCC2N1C(=O)c1ccccc1)N1CCN(c2ccc([N+](=O)[O-])cn2)CC1. The van der Waals surface area contributed by atoms with Crippen LogP contribution >= 0.6 is 0 Å². The lowest BCUT2D eigenvalue weighted by Crippen LogP contribution is -2.55. The van der Waals surface area contributed by atoms with Crippen LogP contribution in [0.15, 0.2) is 48.7 Å². The first-order valence-electron chi connectivity index (χ1n) is 12.0. The number of piperazine rings is 1. The zero-order valence-corrected chi connectivity index (χ0v) is 19.1. The van der Waals surface area contributed by atoms with E-state index in [-0.39, 0.29) is 23.5 Å². The number of hydrogen-bond donors (Lipinski definition) is 0. The van der Waals surface area contributed by atoms with Gasteiger partial charge in [0, 0.05) is 43.9 Å². The second-order valence-electron chi connectivity index (χ2n) is 9.39. The van der Waals surface area contributed by atoms with Crippen LogP contribution in [0.2, 0.25) is 0 Å². The molecule has 2 aliphatic heterocycles. The summed E-state index contributed by atoms with van der Waals surface area (Å²) in [4.78, 5) is 47.6. The lowest BCUT2D eigenvalue weighted by atomic mass is 9.84. The van der Waals surface area contributed by atoms with Crippen LogP contribution in [0.25, 0.3) is 0 Å². The van der Waals surface area contributed by atoms with Gasteiger partial charge in [-0.15, -0.1) is 0 Å². The smallest absolute Gasteiger partial charge is 0.287 e. The summed E-state index contributed by atoms with van der Waals surface area (Å²) in [7, 11) is 0. The summed E-state index contributed by atoms with van der Waals surface area (Å²) in [6, 6.07) is 12.1. The number of nitrogens with zero attached hydrogens (tertiary/aromatic N) is 5. The van der Waals surface area contributed by atoms with Gasteiger partial charge in [-0.2, -0.15) is 0 Å². The molecule has 3 atom stereocenters. The minimum atomic E-state index is -0.463. The molecule has 5 rings (SSSR count). The van der Waals surface area contributed by atoms with Gasteiger partial charge < -0.3 is 14.7 Å². The summed E-state index contributed by atoms with van der Waals surface area (Å²) >= 11 is 0. The number of amides is 2. The Hall–Kier alpha value is -3.49. The van der Waals surface area contributed by atoms with Gasteiger partial charge in [-0.1, -0.05) is 31.0 Å². The summed E-state index contributed by atoms with van der Waals surface area (Å²) in [5.74, 6) is 1.06. The molecular weight excluding hydrogens is 434 g/mol. The highest BCUT2D eigenvalue weighted by Gasteiger charge is 2.48. The highest BCUT2D eigenvalue weighted by Crippen LogP contribution is 2.41.